The average Bonchev–Trinajstić information content (AvgIpc) is 3.67. The van der Waals surface area contributed by atoms with E-state index in [9.17, 15) is 49.8 Å². The summed E-state index contributed by atoms with van der Waals surface area (Å²) in [5, 5.41) is 83.8. The zero-order valence-corrected chi connectivity index (χ0v) is 48.3. The van der Waals surface area contributed by atoms with Crippen LogP contribution in [0.5, 0.6) is 0 Å². The Labute approximate surface area is 456 Å². The number of hydrogen-bond acceptors (Lipinski definition) is 18. The van der Waals surface area contributed by atoms with Gasteiger partial charge in [0.05, 0.1) is 61.9 Å². The first-order valence-electron chi connectivity index (χ1n) is 27.1. The van der Waals surface area contributed by atoms with Crippen molar-refractivity contribution in [3.63, 3.8) is 0 Å². The van der Waals surface area contributed by atoms with Crippen LogP contribution in [0, 0.1) is 22.7 Å². The Morgan fingerprint density at radius 2 is 1.44 bits per heavy atom. The highest BCUT2D eigenvalue weighted by atomic mass is 16.7. The third kappa shape index (κ3) is 20.4. The third-order valence-corrected chi connectivity index (χ3v) is 13.7. The molecule has 0 aromatic carbocycles. The maximum absolute atomic E-state index is 14.2. The number of ether oxygens (including phenoxy) is 6. The monoisotopic (exact) mass is 1100 g/mol. The summed E-state index contributed by atoms with van der Waals surface area (Å²) in [4.78, 5) is 55.0. The summed E-state index contributed by atoms with van der Waals surface area (Å²) >= 11 is 0. The first kappa shape index (κ1) is 65.3. The predicted octanol–water partition coefficient (Wildman–Crippen LogP) is 2.90. The molecule has 0 spiro atoms. The van der Waals surface area contributed by atoms with Gasteiger partial charge < -0.3 is 90.5 Å². The van der Waals surface area contributed by atoms with Crippen molar-refractivity contribution < 1.29 is 78.2 Å². The van der Waals surface area contributed by atoms with E-state index in [0.29, 0.717) is 17.9 Å². The Balaban J connectivity index is 1.67. The molecule has 442 valence electrons. The van der Waals surface area contributed by atoms with Gasteiger partial charge in [-0.2, -0.15) is 0 Å². The molecular formula is C55H96N6O16. The summed E-state index contributed by atoms with van der Waals surface area (Å²) in [5.74, 6) is -2.66. The van der Waals surface area contributed by atoms with Gasteiger partial charge in [0.15, 0.2) is 17.8 Å². The van der Waals surface area contributed by atoms with Crippen LogP contribution in [0.25, 0.3) is 0 Å². The smallest absolute Gasteiger partial charge is 0.407 e. The number of likely N-dealkylation sites (tertiary alicyclic amines) is 1. The predicted molar refractivity (Wildman–Crippen MR) is 286 cm³/mol. The normalized spacial score (nSPS) is 30.9. The van der Waals surface area contributed by atoms with Crippen molar-refractivity contribution in [2.45, 2.75) is 219 Å². The van der Waals surface area contributed by atoms with E-state index in [-0.39, 0.29) is 101 Å². The molecule has 22 nitrogen and oxygen atoms in total. The topological polar surface area (TPSA) is 308 Å². The maximum Gasteiger partial charge on any atom is 0.407 e. The standard InChI is InChI=1S/C55H96N6O16/c1-31(32(2)76-52(10,11)12)42-43(66)47(73-30-54(42,16)70)75-46-38(60-48(68)55(71)20-22-61(29-55)33(3)62)23-37(59-41(65)25-51(7,8)9)45(44(46)67)72-28-39-36(58-40(64)24-50(4,5)6)18-17-35(74-39)27-56-26-34(63)19-21-57-49(69)77-53(13,14)15/h17,31,34,36-39,42-47,56,62-63,66-67,70-71H,2-3,18-30H2,1,4-16H3,(H,57,69)(H,58,64)(H,59,65)(H,60,68)/t31?,34?,36-,37+,38?,39-,42-,43-,44+,45-,46+,47?,54+,55?/m1/s1. The van der Waals surface area contributed by atoms with Crippen LogP contribution in [0.2, 0.25) is 0 Å². The average molecular weight is 1100 g/mol. The molecule has 14 atom stereocenters. The molecule has 3 fully saturated rings. The molecule has 4 aliphatic rings. The van der Waals surface area contributed by atoms with Gasteiger partial charge in [-0.15, -0.1) is 0 Å². The largest absolute Gasteiger partial charge is 0.495 e. The van der Waals surface area contributed by atoms with E-state index in [1.54, 1.807) is 27.7 Å². The van der Waals surface area contributed by atoms with Crippen LogP contribution in [0.4, 0.5) is 4.79 Å². The SMILES string of the molecule is C=C(OC(C)(C)C)C(C)[C@@H]1[C@@H](O)C(O[C@H]2C(NC(=O)C3(O)CCN(C(=C)O)C3)C[C@H](NC(=O)CC(C)(C)C)[C@@H](OC[C@H]3OC(CNCC(O)CCNC(=O)OC(C)(C)C)=CC[C@H]3NC(=O)CC(C)(C)C)[C@@H]2O)OC[C@]1(C)O. The van der Waals surface area contributed by atoms with Crippen molar-refractivity contribution in [1.29, 1.82) is 0 Å². The highest BCUT2D eigenvalue weighted by Gasteiger charge is 2.55. The van der Waals surface area contributed by atoms with Crippen molar-refractivity contribution in [1.82, 2.24) is 31.5 Å². The van der Waals surface area contributed by atoms with Gasteiger partial charge >= 0.3 is 6.09 Å². The van der Waals surface area contributed by atoms with Crippen LogP contribution in [-0.4, -0.2) is 189 Å². The lowest BCUT2D eigenvalue weighted by atomic mass is 9.74. The second kappa shape index (κ2) is 26.3. The number of carbonyl (C=O) groups excluding carboxylic acids is 4. The van der Waals surface area contributed by atoms with E-state index in [0.717, 1.165) is 0 Å². The van der Waals surface area contributed by atoms with Gasteiger partial charge in [-0.3, -0.25) is 14.4 Å². The van der Waals surface area contributed by atoms with Gasteiger partial charge in [-0.05, 0) is 91.2 Å². The highest BCUT2D eigenvalue weighted by molar-refractivity contribution is 5.86. The van der Waals surface area contributed by atoms with Crippen LogP contribution in [-0.2, 0) is 42.8 Å². The lowest BCUT2D eigenvalue weighted by Gasteiger charge is -2.50. The van der Waals surface area contributed by atoms with Crippen LogP contribution in [0.15, 0.2) is 36.6 Å². The van der Waals surface area contributed by atoms with Gasteiger partial charge in [-0.1, -0.05) is 55.0 Å². The minimum atomic E-state index is -2.02. The lowest BCUT2D eigenvalue weighted by molar-refractivity contribution is -0.314. The number of nitrogens with zero attached hydrogens (tertiary/aromatic N) is 1. The zero-order chi connectivity index (χ0) is 58.2. The molecule has 4 rings (SSSR count). The Morgan fingerprint density at radius 1 is 0.857 bits per heavy atom. The molecule has 4 amide bonds. The second-order valence-corrected chi connectivity index (χ2v) is 26.2. The molecule has 0 bridgehead atoms. The third-order valence-electron chi connectivity index (χ3n) is 13.7. The number of alkyl carbamates (subject to hydrolysis) is 1. The van der Waals surface area contributed by atoms with Gasteiger partial charge in [0.25, 0.3) is 5.91 Å². The number of amides is 4. The van der Waals surface area contributed by atoms with Crippen LogP contribution in [0.1, 0.15) is 135 Å². The second-order valence-electron chi connectivity index (χ2n) is 26.2. The number of β-amino-alcohol motifs (C(OH)–C–C–N with tert-alkyl or cyclic N) is 1. The molecule has 77 heavy (non-hydrogen) atoms. The van der Waals surface area contributed by atoms with E-state index in [1.807, 2.05) is 68.4 Å². The number of allylic oxidation sites excluding steroid dienone is 1. The first-order chi connectivity index (χ1) is 35.3. The van der Waals surface area contributed by atoms with Gasteiger partial charge in [0.1, 0.15) is 47.5 Å². The summed E-state index contributed by atoms with van der Waals surface area (Å²) < 4.78 is 37.1. The summed E-state index contributed by atoms with van der Waals surface area (Å²) in [7, 11) is 0. The molecule has 3 aliphatic heterocycles. The van der Waals surface area contributed by atoms with Gasteiger partial charge in [0, 0.05) is 50.7 Å². The lowest BCUT2D eigenvalue weighted by Crippen LogP contribution is -2.69. The molecule has 3 heterocycles. The van der Waals surface area contributed by atoms with Crippen molar-refractivity contribution >= 4 is 23.8 Å². The number of aliphatic hydroxyl groups is 6. The van der Waals surface area contributed by atoms with Crippen molar-refractivity contribution in [2.75, 3.05) is 45.9 Å². The van der Waals surface area contributed by atoms with Crippen molar-refractivity contribution in [3.8, 4) is 0 Å². The van der Waals surface area contributed by atoms with E-state index in [4.69, 9.17) is 28.4 Å². The maximum atomic E-state index is 14.2. The minimum absolute atomic E-state index is 0.0689. The van der Waals surface area contributed by atoms with Crippen LogP contribution in [0.3, 0.4) is 0 Å². The molecule has 0 aromatic heterocycles. The van der Waals surface area contributed by atoms with Crippen molar-refractivity contribution in [3.05, 3.63) is 36.6 Å². The van der Waals surface area contributed by atoms with E-state index in [2.05, 4.69) is 39.7 Å². The van der Waals surface area contributed by atoms with E-state index in [1.165, 1.54) is 11.8 Å². The zero-order valence-electron chi connectivity index (χ0n) is 48.3. The molecular weight excluding hydrogens is 1000 g/mol. The number of hydrogen-bond donors (Lipinski definition) is 11. The Bertz CT molecular complexity index is 2060. The fourth-order valence-corrected chi connectivity index (χ4v) is 10.1. The molecule has 0 aromatic rings. The summed E-state index contributed by atoms with van der Waals surface area (Å²) in [6, 6.07) is -2.84. The Kier molecular flexibility index (Phi) is 22.3. The molecule has 11 N–H and O–H groups in total. The number of aliphatic hydroxyl groups excluding tert-OH is 4. The molecule has 1 aliphatic carbocycles. The van der Waals surface area contributed by atoms with Crippen molar-refractivity contribution in [2.24, 2.45) is 22.7 Å². The quantitative estimate of drug-likeness (QED) is 0.0695. The summed E-state index contributed by atoms with van der Waals surface area (Å²) in [6.45, 7) is 32.9. The van der Waals surface area contributed by atoms with Gasteiger partial charge in [-0.25, -0.2) is 4.79 Å². The van der Waals surface area contributed by atoms with Crippen LogP contribution < -0.4 is 26.6 Å². The molecule has 2 saturated heterocycles. The van der Waals surface area contributed by atoms with E-state index < -0.39 is 113 Å². The fraction of sp³-hybridized carbons (Fsp3) is 0.818. The molecule has 22 heteroatoms. The Morgan fingerprint density at radius 3 is 2.00 bits per heavy atom. The first-order valence-corrected chi connectivity index (χ1v) is 27.1. The Hall–Kier alpha value is -4.26. The molecule has 5 unspecified atom stereocenters. The molecule has 0 radical (unpaired) electrons. The fourth-order valence-electron chi connectivity index (χ4n) is 10.1. The number of carbonyl (C=O) groups is 4. The van der Waals surface area contributed by atoms with E-state index >= 15 is 0 Å². The summed E-state index contributed by atoms with van der Waals surface area (Å²) in [5.41, 5.74) is -5.77. The minimum Gasteiger partial charge on any atom is -0.495 e. The van der Waals surface area contributed by atoms with Gasteiger partial charge in [0.2, 0.25) is 11.8 Å². The van der Waals surface area contributed by atoms with Crippen LogP contribution >= 0.6 is 0 Å². The molecule has 1 saturated carbocycles. The number of nitrogens with one attached hydrogen (secondary N) is 5. The number of rotatable bonds is 22. The highest BCUT2D eigenvalue weighted by Crippen LogP contribution is 2.41. The summed E-state index contributed by atoms with van der Waals surface area (Å²) in [6.07, 6.45) is -7.42.